The molecule has 6 heteroatoms. The molecule has 5 nitrogen and oxygen atoms in total. The molecule has 3 aromatic rings. The Morgan fingerprint density at radius 3 is 2.93 bits per heavy atom. The van der Waals surface area contributed by atoms with Gasteiger partial charge in [0.1, 0.15) is 17.5 Å². The predicted octanol–water partition coefficient (Wildman–Crippen LogP) is 3.89. The van der Waals surface area contributed by atoms with Crippen molar-refractivity contribution in [1.82, 2.24) is 9.55 Å². The monoisotopic (exact) mass is 382 g/mol. The van der Waals surface area contributed by atoms with Crippen LogP contribution in [-0.4, -0.2) is 15.5 Å². The van der Waals surface area contributed by atoms with Gasteiger partial charge in [-0.15, -0.1) is 11.3 Å². The van der Waals surface area contributed by atoms with Crippen molar-refractivity contribution in [2.24, 2.45) is 5.92 Å². The molecule has 0 fully saturated rings. The van der Waals surface area contributed by atoms with E-state index in [1.165, 1.54) is 15.8 Å². The van der Waals surface area contributed by atoms with Crippen molar-refractivity contribution in [3.63, 3.8) is 0 Å². The lowest BCUT2D eigenvalue weighted by Gasteiger charge is -2.18. The molecule has 2 atom stereocenters. The van der Waals surface area contributed by atoms with Crippen LogP contribution in [0.2, 0.25) is 0 Å². The van der Waals surface area contributed by atoms with Crippen molar-refractivity contribution in [3.8, 4) is 0 Å². The fourth-order valence-corrected chi connectivity index (χ4v) is 4.92. The molecule has 2 aromatic heterocycles. The summed E-state index contributed by atoms with van der Waals surface area (Å²) in [5, 5.41) is 0.687. The van der Waals surface area contributed by atoms with E-state index in [2.05, 4.69) is 11.9 Å². The number of nitrogens with zero attached hydrogens (tertiary/aromatic N) is 2. The number of aromatic nitrogens is 2. The second-order valence-electron chi connectivity index (χ2n) is 7.26. The number of benzene rings is 1. The molecule has 2 unspecified atom stereocenters. The van der Waals surface area contributed by atoms with Gasteiger partial charge >= 0.3 is 5.97 Å². The van der Waals surface area contributed by atoms with Crippen LogP contribution in [0.15, 0.2) is 41.5 Å². The van der Waals surface area contributed by atoms with E-state index in [0.717, 1.165) is 35.2 Å². The van der Waals surface area contributed by atoms with Crippen LogP contribution >= 0.6 is 11.3 Å². The van der Waals surface area contributed by atoms with Gasteiger partial charge < -0.3 is 4.74 Å². The molecule has 0 radical (unpaired) electrons. The maximum atomic E-state index is 13.1. The smallest absolute Gasteiger partial charge is 0.329 e. The van der Waals surface area contributed by atoms with Crippen LogP contribution in [0.3, 0.4) is 0 Å². The Kier molecular flexibility index (Phi) is 4.83. The molecule has 0 saturated carbocycles. The second-order valence-corrected chi connectivity index (χ2v) is 8.34. The van der Waals surface area contributed by atoms with Gasteiger partial charge in [0.25, 0.3) is 5.56 Å². The first-order valence-electron chi connectivity index (χ1n) is 9.26. The van der Waals surface area contributed by atoms with Crippen LogP contribution in [0.5, 0.6) is 0 Å². The van der Waals surface area contributed by atoms with E-state index >= 15 is 0 Å². The van der Waals surface area contributed by atoms with Gasteiger partial charge in [-0.1, -0.05) is 37.3 Å². The van der Waals surface area contributed by atoms with Crippen LogP contribution in [0.4, 0.5) is 0 Å². The molecular formula is C21H22N2O3S. The molecule has 0 amide bonds. The molecule has 0 spiro atoms. The number of ether oxygens (including phenoxy) is 1. The molecule has 0 N–H and O–H groups in total. The largest absolute Gasteiger partial charge is 0.459 e. The van der Waals surface area contributed by atoms with Gasteiger partial charge in [-0.25, -0.2) is 9.78 Å². The molecule has 140 valence electrons. The Morgan fingerprint density at radius 2 is 2.15 bits per heavy atom. The number of carbonyl (C=O) groups is 1. The maximum absolute atomic E-state index is 13.1. The summed E-state index contributed by atoms with van der Waals surface area (Å²) < 4.78 is 6.80. The second kappa shape index (κ2) is 7.27. The molecule has 1 aromatic carbocycles. The quantitative estimate of drug-likeness (QED) is 0.643. The first kappa shape index (κ1) is 17.9. The molecular weight excluding hydrogens is 360 g/mol. The topological polar surface area (TPSA) is 61.2 Å². The van der Waals surface area contributed by atoms with E-state index in [-0.39, 0.29) is 12.2 Å². The minimum atomic E-state index is -0.712. The van der Waals surface area contributed by atoms with Crippen LogP contribution in [0, 0.1) is 5.92 Å². The summed E-state index contributed by atoms with van der Waals surface area (Å²) in [7, 11) is 0. The van der Waals surface area contributed by atoms with Crippen molar-refractivity contribution in [1.29, 1.82) is 0 Å². The number of hydrogen-bond donors (Lipinski definition) is 0. The first-order chi connectivity index (χ1) is 13.0. The van der Waals surface area contributed by atoms with E-state index in [0.29, 0.717) is 11.3 Å². The van der Waals surface area contributed by atoms with Gasteiger partial charge in [-0.05, 0) is 43.2 Å². The Bertz CT molecular complexity index is 1040. The third-order valence-corrected chi connectivity index (χ3v) is 6.39. The van der Waals surface area contributed by atoms with E-state index in [1.807, 2.05) is 30.3 Å². The van der Waals surface area contributed by atoms with Gasteiger partial charge in [-0.2, -0.15) is 0 Å². The molecule has 27 heavy (non-hydrogen) atoms. The van der Waals surface area contributed by atoms with Gasteiger partial charge in [0.15, 0.2) is 0 Å². The number of thiophene rings is 1. The minimum absolute atomic E-state index is 0.142. The first-order valence-corrected chi connectivity index (χ1v) is 10.1. The van der Waals surface area contributed by atoms with E-state index in [9.17, 15) is 9.59 Å². The van der Waals surface area contributed by atoms with Crippen molar-refractivity contribution in [3.05, 3.63) is 63.0 Å². The average molecular weight is 382 g/mol. The number of hydrogen-bond acceptors (Lipinski definition) is 5. The SMILES string of the molecule is CC1CCc2c(sc3ncn(C(C)C(=O)OCc4ccccc4)c(=O)c23)C1. The number of fused-ring (bicyclic) bond motifs is 3. The normalized spacial score (nSPS) is 17.5. The Labute approximate surface area is 161 Å². The Balaban J connectivity index is 1.60. The zero-order valence-electron chi connectivity index (χ0n) is 15.5. The molecule has 2 heterocycles. The van der Waals surface area contributed by atoms with E-state index < -0.39 is 12.0 Å². The van der Waals surface area contributed by atoms with Crippen LogP contribution in [0.25, 0.3) is 10.2 Å². The van der Waals surface area contributed by atoms with Crippen LogP contribution in [0.1, 0.15) is 42.3 Å². The van der Waals surface area contributed by atoms with Gasteiger partial charge in [-0.3, -0.25) is 9.36 Å². The molecule has 4 rings (SSSR count). The zero-order chi connectivity index (χ0) is 19.0. The van der Waals surface area contributed by atoms with Gasteiger partial charge in [0, 0.05) is 4.88 Å². The highest BCUT2D eigenvalue weighted by Gasteiger charge is 2.25. The summed E-state index contributed by atoms with van der Waals surface area (Å²) in [6, 6.07) is 8.80. The standard InChI is InChI=1S/C21H22N2O3S/c1-13-8-9-16-17(10-13)27-19-18(16)20(24)23(12-22-19)14(2)21(25)26-11-15-6-4-3-5-7-15/h3-7,12-14H,8-11H2,1-2H3. The fourth-order valence-electron chi connectivity index (χ4n) is 3.58. The van der Waals surface area contributed by atoms with Gasteiger partial charge in [0.2, 0.25) is 0 Å². The predicted molar refractivity (Wildman–Crippen MR) is 106 cm³/mol. The molecule has 0 bridgehead atoms. The summed E-state index contributed by atoms with van der Waals surface area (Å²) in [5.74, 6) is 0.208. The van der Waals surface area contributed by atoms with E-state index in [4.69, 9.17) is 4.74 Å². The molecule has 1 aliphatic rings. The lowest BCUT2D eigenvalue weighted by molar-refractivity contribution is -0.148. The van der Waals surface area contributed by atoms with Crippen molar-refractivity contribution < 1.29 is 9.53 Å². The van der Waals surface area contributed by atoms with Crippen molar-refractivity contribution >= 4 is 27.5 Å². The lowest BCUT2D eigenvalue weighted by atomic mass is 9.89. The highest BCUT2D eigenvalue weighted by molar-refractivity contribution is 7.18. The van der Waals surface area contributed by atoms with E-state index in [1.54, 1.807) is 18.3 Å². The van der Waals surface area contributed by atoms with Crippen LogP contribution < -0.4 is 5.56 Å². The molecule has 1 aliphatic carbocycles. The summed E-state index contributed by atoms with van der Waals surface area (Å²) in [5.41, 5.74) is 1.90. The van der Waals surface area contributed by atoms with Gasteiger partial charge in [0.05, 0.1) is 11.7 Å². The number of carbonyl (C=O) groups excluding carboxylic acids is 1. The summed E-state index contributed by atoms with van der Waals surface area (Å²) in [6.45, 7) is 4.12. The average Bonchev–Trinajstić information content (AvgIpc) is 3.05. The molecule has 0 aliphatic heterocycles. The zero-order valence-corrected chi connectivity index (χ0v) is 16.3. The van der Waals surface area contributed by atoms with Crippen molar-refractivity contribution in [2.45, 2.75) is 45.8 Å². The Hall–Kier alpha value is -2.47. The number of aryl methyl sites for hydroxylation is 1. The Morgan fingerprint density at radius 1 is 1.37 bits per heavy atom. The lowest BCUT2D eigenvalue weighted by Crippen LogP contribution is -2.29. The van der Waals surface area contributed by atoms with Crippen LogP contribution in [-0.2, 0) is 29.0 Å². The third kappa shape index (κ3) is 3.41. The number of rotatable bonds is 4. The van der Waals surface area contributed by atoms with Crippen molar-refractivity contribution in [2.75, 3.05) is 0 Å². The highest BCUT2D eigenvalue weighted by atomic mass is 32.1. The molecule has 0 saturated heterocycles. The summed E-state index contributed by atoms with van der Waals surface area (Å²) in [4.78, 5) is 32.1. The third-order valence-electron chi connectivity index (χ3n) is 5.22. The number of esters is 1. The maximum Gasteiger partial charge on any atom is 0.329 e. The highest BCUT2D eigenvalue weighted by Crippen LogP contribution is 2.35. The fraction of sp³-hybridized carbons (Fsp3) is 0.381. The minimum Gasteiger partial charge on any atom is -0.459 e. The summed E-state index contributed by atoms with van der Waals surface area (Å²) >= 11 is 1.61. The summed E-state index contributed by atoms with van der Waals surface area (Å²) in [6.07, 6.45) is 4.47.